The number of aromatic amines is 1. The smallest absolute Gasteiger partial charge is 0.326 e. The Labute approximate surface area is 416 Å². The summed E-state index contributed by atoms with van der Waals surface area (Å²) in [5.41, 5.74) is 27.4. The quantitative estimate of drug-likeness (QED) is 0.0173. The summed E-state index contributed by atoms with van der Waals surface area (Å²) in [6.45, 7) is -1.40. The number of nitrogens with two attached hydrogens (primary N) is 5. The molecule has 32 heteroatoms. The largest absolute Gasteiger partial charge is 0.481 e. The number of carbonyl (C=O) groups is 13. The van der Waals surface area contributed by atoms with Crippen LogP contribution in [0.25, 0.3) is 0 Å². The Bertz CT molecular complexity index is 2180. The molecule has 0 bridgehead atoms. The Kier molecular flexibility index (Phi) is 25.8. The second-order valence-electron chi connectivity index (χ2n) is 16.7. The van der Waals surface area contributed by atoms with Crippen molar-refractivity contribution in [2.75, 3.05) is 26.2 Å². The number of aliphatic carboxylic acids is 2. The monoisotopic (exact) mass is 1040 g/mol. The number of H-pyrrole nitrogens is 1. The van der Waals surface area contributed by atoms with Gasteiger partial charge in [0.25, 0.3) is 0 Å². The Morgan fingerprint density at radius 3 is 1.63 bits per heavy atom. The Morgan fingerprint density at radius 2 is 1.15 bits per heavy atom. The molecule has 1 saturated heterocycles. The first-order valence-corrected chi connectivity index (χ1v) is 22.8. The molecule has 0 radical (unpaired) electrons. The lowest BCUT2D eigenvalue weighted by Gasteiger charge is -2.29. The highest BCUT2D eigenvalue weighted by Crippen LogP contribution is 2.20. The number of likely N-dealkylation sites (tertiary alicyclic amines) is 1. The van der Waals surface area contributed by atoms with Gasteiger partial charge < -0.3 is 91.3 Å². The van der Waals surface area contributed by atoms with E-state index in [4.69, 9.17) is 34.1 Å². The second-order valence-corrected chi connectivity index (χ2v) is 16.7. The number of carboxylic acid groups (broad SMARTS) is 2. The van der Waals surface area contributed by atoms with Crippen LogP contribution in [0.3, 0.4) is 0 Å². The lowest BCUT2D eigenvalue weighted by Crippen LogP contribution is -2.58. The molecule has 2 rings (SSSR count). The van der Waals surface area contributed by atoms with Gasteiger partial charge in [0.2, 0.25) is 65.0 Å². The van der Waals surface area contributed by atoms with E-state index in [9.17, 15) is 72.5 Å². The molecule has 11 amide bonds. The van der Waals surface area contributed by atoms with Crippen molar-refractivity contribution in [3.05, 3.63) is 18.2 Å². The number of nitrogens with one attached hydrogen (secondary N) is 10. The first-order chi connectivity index (χ1) is 34.4. The molecule has 1 aromatic heterocycles. The lowest BCUT2D eigenvalue weighted by atomic mass is 10.0. The van der Waals surface area contributed by atoms with Crippen LogP contribution in [0.5, 0.6) is 0 Å². The van der Waals surface area contributed by atoms with Crippen molar-refractivity contribution in [3.63, 3.8) is 0 Å². The number of rotatable bonds is 34. The van der Waals surface area contributed by atoms with Gasteiger partial charge in [-0.05, 0) is 51.4 Å². The highest BCUT2D eigenvalue weighted by Gasteiger charge is 2.38. The van der Waals surface area contributed by atoms with E-state index in [-0.39, 0.29) is 51.2 Å². The minimum absolute atomic E-state index is 0.0122. The zero-order valence-electron chi connectivity index (χ0n) is 39.7. The number of carbonyl (C=O) groups excluding carboxylic acids is 11. The maximum absolute atomic E-state index is 13.8. The summed E-state index contributed by atoms with van der Waals surface area (Å²) in [6.07, 6.45) is -0.637. The van der Waals surface area contributed by atoms with Gasteiger partial charge in [0, 0.05) is 51.4 Å². The third-order valence-electron chi connectivity index (χ3n) is 10.8. The highest BCUT2D eigenvalue weighted by atomic mass is 16.4. The van der Waals surface area contributed by atoms with E-state index in [0.29, 0.717) is 5.69 Å². The maximum atomic E-state index is 13.8. The van der Waals surface area contributed by atoms with Crippen molar-refractivity contribution in [1.82, 2.24) is 57.4 Å². The predicted octanol–water partition coefficient (Wildman–Crippen LogP) is -8.06. The van der Waals surface area contributed by atoms with Crippen molar-refractivity contribution in [1.29, 1.82) is 5.41 Å². The number of hydrogen-bond donors (Lipinski definition) is 17. The molecule has 2 heterocycles. The van der Waals surface area contributed by atoms with E-state index in [2.05, 4.69) is 52.5 Å². The molecule has 0 aromatic carbocycles. The van der Waals surface area contributed by atoms with Crippen LogP contribution in [0.2, 0.25) is 0 Å². The Hall–Kier alpha value is -8.45. The van der Waals surface area contributed by atoms with Crippen LogP contribution in [-0.2, 0) is 68.7 Å². The minimum atomic E-state index is -1.70. The number of imidazole rings is 1. The normalized spacial score (nSPS) is 15.3. The minimum Gasteiger partial charge on any atom is -0.481 e. The molecule has 0 spiro atoms. The van der Waals surface area contributed by atoms with E-state index in [1.807, 2.05) is 0 Å². The Morgan fingerprint density at radius 1 is 0.658 bits per heavy atom. The molecular formula is C41H65N17O15. The van der Waals surface area contributed by atoms with Crippen molar-refractivity contribution in [2.24, 2.45) is 28.7 Å². The number of primary amides is 3. The molecule has 32 nitrogen and oxygen atoms in total. The average molecular weight is 1040 g/mol. The van der Waals surface area contributed by atoms with E-state index >= 15 is 0 Å². The summed E-state index contributed by atoms with van der Waals surface area (Å²) in [7, 11) is 0. The standard InChI is InChI=1S/C41H65N17O15/c42-21(15-20-16-48-19-52-20)34(66)50-17-32(63)54-25(8-12-33(64)65)39(71)58-14-2-4-27(58)38(70)51-18-31(62)53-22(5-9-28(43)59)35(67)55-23(6-10-29(44)60)36(68)56-24(7-11-30(45)61)37(69)57-26(40(72)73)3-1-13-49-41(46)47/h16,19,21-27H,1-15,17-18,42H2,(H2,43,59)(H2,44,60)(H2,45,61)(H,48,52)(H,50,66)(H,51,70)(H,53,62)(H,54,63)(H,55,67)(H,56,68)(H,57,69)(H,64,65)(H,72,73)(H4,46,47,49)/t21-,22-,23-,24-,25-,26-,27-/m0/s1. The molecule has 73 heavy (non-hydrogen) atoms. The molecule has 0 unspecified atom stereocenters. The van der Waals surface area contributed by atoms with Crippen molar-refractivity contribution >= 4 is 82.9 Å². The van der Waals surface area contributed by atoms with Crippen molar-refractivity contribution < 1.29 is 72.5 Å². The molecule has 1 aliphatic rings. The van der Waals surface area contributed by atoms with Gasteiger partial charge in [0.05, 0.1) is 31.2 Å². The van der Waals surface area contributed by atoms with Gasteiger partial charge in [-0.15, -0.1) is 0 Å². The first kappa shape index (κ1) is 60.7. The molecule has 7 atom stereocenters. The number of nitrogens with zero attached hydrogens (tertiary/aromatic N) is 2. The highest BCUT2D eigenvalue weighted by molar-refractivity contribution is 5.98. The van der Waals surface area contributed by atoms with Gasteiger partial charge in [0.1, 0.15) is 36.3 Å². The number of guanidine groups is 1. The van der Waals surface area contributed by atoms with Crippen LogP contribution in [0, 0.1) is 5.41 Å². The van der Waals surface area contributed by atoms with E-state index in [1.54, 1.807) is 0 Å². The van der Waals surface area contributed by atoms with E-state index in [0.717, 1.165) is 4.90 Å². The zero-order chi connectivity index (χ0) is 54.8. The third-order valence-corrected chi connectivity index (χ3v) is 10.8. The summed E-state index contributed by atoms with van der Waals surface area (Å²) < 4.78 is 0. The molecule has 0 saturated carbocycles. The molecule has 1 aliphatic heterocycles. The van der Waals surface area contributed by atoms with E-state index < -0.39 is 184 Å². The topological polar surface area (TPSA) is 544 Å². The summed E-state index contributed by atoms with van der Waals surface area (Å²) in [5, 5.41) is 44.9. The molecule has 22 N–H and O–H groups in total. The van der Waals surface area contributed by atoms with Crippen LogP contribution in [-0.4, -0.2) is 176 Å². The summed E-state index contributed by atoms with van der Waals surface area (Å²) in [4.78, 5) is 173. The van der Waals surface area contributed by atoms with Gasteiger partial charge in [0.15, 0.2) is 5.96 Å². The molecule has 0 aliphatic carbocycles. The fourth-order valence-corrected chi connectivity index (χ4v) is 7.09. The fourth-order valence-electron chi connectivity index (χ4n) is 7.09. The van der Waals surface area contributed by atoms with Gasteiger partial charge in [-0.3, -0.25) is 62.9 Å². The van der Waals surface area contributed by atoms with Crippen LogP contribution in [0.4, 0.5) is 0 Å². The summed E-state index contributed by atoms with van der Waals surface area (Å²) >= 11 is 0. The van der Waals surface area contributed by atoms with Gasteiger partial charge in [-0.25, -0.2) is 9.78 Å². The van der Waals surface area contributed by atoms with Gasteiger partial charge >= 0.3 is 11.9 Å². The number of aromatic nitrogens is 2. The number of amides is 11. The Balaban J connectivity index is 2.18. The van der Waals surface area contributed by atoms with Crippen LogP contribution in [0.15, 0.2) is 12.5 Å². The molecule has 1 fully saturated rings. The number of hydrogen-bond acceptors (Lipinski definition) is 16. The second kappa shape index (κ2) is 31.0. The van der Waals surface area contributed by atoms with Crippen LogP contribution in [0.1, 0.15) is 82.7 Å². The summed E-state index contributed by atoms with van der Waals surface area (Å²) in [6, 6.07) is -10.3. The van der Waals surface area contributed by atoms with Gasteiger partial charge in [-0.2, -0.15) is 0 Å². The van der Waals surface area contributed by atoms with Gasteiger partial charge in [-0.1, -0.05) is 0 Å². The first-order valence-electron chi connectivity index (χ1n) is 22.8. The van der Waals surface area contributed by atoms with Crippen LogP contribution < -0.4 is 71.2 Å². The zero-order valence-corrected chi connectivity index (χ0v) is 39.7. The predicted molar refractivity (Wildman–Crippen MR) is 250 cm³/mol. The fraction of sp³-hybridized carbons (Fsp3) is 0.585. The molecular weight excluding hydrogens is 971 g/mol. The lowest BCUT2D eigenvalue weighted by molar-refractivity contribution is -0.143. The average Bonchev–Trinajstić information content (AvgIpc) is 4.03. The van der Waals surface area contributed by atoms with Crippen molar-refractivity contribution in [3.8, 4) is 0 Å². The van der Waals surface area contributed by atoms with E-state index in [1.165, 1.54) is 12.5 Å². The molecule has 404 valence electrons. The number of carboxylic acids is 2. The van der Waals surface area contributed by atoms with Crippen molar-refractivity contribution in [2.45, 2.75) is 126 Å². The third kappa shape index (κ3) is 23.3. The summed E-state index contributed by atoms with van der Waals surface area (Å²) in [5.74, 6) is -13.6. The molecule has 1 aromatic rings. The SMILES string of the molecule is N=C(N)NCCC[C@H](NC(=O)[C@H](CCC(N)=O)NC(=O)[C@H](CCC(N)=O)NC(=O)[C@H](CCC(N)=O)NC(=O)CNC(=O)[C@@H]1CCCN1C(=O)[C@H](CCC(=O)O)NC(=O)CNC(=O)[C@@H](N)Cc1c[nH]cn1)C(=O)O. The maximum Gasteiger partial charge on any atom is 0.326 e. The van der Waals surface area contributed by atoms with Crippen LogP contribution >= 0.6 is 0 Å².